The number of piperidine rings is 1. The van der Waals surface area contributed by atoms with E-state index in [9.17, 15) is 18.0 Å². The summed E-state index contributed by atoms with van der Waals surface area (Å²) < 4.78 is 50.0. The van der Waals surface area contributed by atoms with Gasteiger partial charge in [-0.2, -0.15) is 13.2 Å². The molecule has 2 atom stereocenters. The molecule has 3 aliphatic rings. The molecule has 35 heavy (non-hydrogen) atoms. The highest BCUT2D eigenvalue weighted by Crippen LogP contribution is 2.30. The first-order valence-electron chi connectivity index (χ1n) is 11.8. The summed E-state index contributed by atoms with van der Waals surface area (Å²) in [6, 6.07) is 9.77. The summed E-state index contributed by atoms with van der Waals surface area (Å²) in [6.07, 6.45) is -1.56. The van der Waals surface area contributed by atoms with Crippen LogP contribution in [0.1, 0.15) is 24.1 Å². The maximum atomic E-state index is 13.1. The average Bonchev–Trinajstić information content (AvgIpc) is 2.84. The molecule has 2 unspecified atom stereocenters. The molecule has 4 heterocycles. The fraction of sp³-hybridized carbons (Fsp3) is 0.542. The number of nitrogens with zero attached hydrogens (tertiary/aromatic N) is 5. The Morgan fingerprint density at radius 3 is 2.31 bits per heavy atom. The number of piperazine rings is 1. The van der Waals surface area contributed by atoms with E-state index in [4.69, 9.17) is 9.47 Å². The molecule has 0 spiro atoms. The lowest BCUT2D eigenvalue weighted by Gasteiger charge is -2.49. The molecule has 8 nitrogen and oxygen atoms in total. The third-order valence-corrected chi connectivity index (χ3v) is 6.78. The van der Waals surface area contributed by atoms with Crippen molar-refractivity contribution in [2.24, 2.45) is 0 Å². The predicted octanol–water partition coefficient (Wildman–Crippen LogP) is 3.19. The van der Waals surface area contributed by atoms with Gasteiger partial charge in [-0.25, -0.2) is 14.8 Å². The van der Waals surface area contributed by atoms with Gasteiger partial charge in [0.05, 0.1) is 37.7 Å². The molecular formula is C24H28F3N5O3. The van der Waals surface area contributed by atoms with Crippen molar-refractivity contribution in [2.45, 2.75) is 43.8 Å². The number of hydrogen-bond donors (Lipinski definition) is 0. The normalized spacial score (nSPS) is 23.9. The Balaban J connectivity index is 1.16. The van der Waals surface area contributed by atoms with E-state index in [2.05, 4.69) is 27.0 Å². The van der Waals surface area contributed by atoms with Crippen LogP contribution >= 0.6 is 0 Å². The molecule has 188 valence electrons. The first kappa shape index (κ1) is 23.8. The number of benzene rings is 1. The highest BCUT2D eigenvalue weighted by atomic mass is 19.4. The first-order chi connectivity index (χ1) is 16.9. The Hall–Kier alpha value is -2.92. The molecule has 2 aromatic rings. The van der Waals surface area contributed by atoms with Crippen molar-refractivity contribution in [1.29, 1.82) is 0 Å². The summed E-state index contributed by atoms with van der Waals surface area (Å²) in [6.45, 7) is 4.07. The monoisotopic (exact) mass is 491 g/mol. The highest BCUT2D eigenvalue weighted by Gasteiger charge is 2.43. The van der Waals surface area contributed by atoms with Crippen LogP contribution < -0.4 is 4.90 Å². The van der Waals surface area contributed by atoms with Crippen LogP contribution in [0.15, 0.2) is 42.7 Å². The van der Waals surface area contributed by atoms with Gasteiger partial charge >= 0.3 is 12.3 Å². The molecule has 3 fully saturated rings. The smallest absolute Gasteiger partial charge is 0.434 e. The van der Waals surface area contributed by atoms with Crippen LogP contribution in [0.4, 0.5) is 23.8 Å². The van der Waals surface area contributed by atoms with Gasteiger partial charge < -0.3 is 14.4 Å². The van der Waals surface area contributed by atoms with Crippen molar-refractivity contribution in [3.63, 3.8) is 0 Å². The molecule has 11 heteroatoms. The summed E-state index contributed by atoms with van der Waals surface area (Å²) >= 11 is 0. The van der Waals surface area contributed by atoms with Crippen molar-refractivity contribution in [3.8, 4) is 0 Å². The van der Waals surface area contributed by atoms with Gasteiger partial charge in [0.25, 0.3) is 0 Å². The lowest BCUT2D eigenvalue weighted by atomic mass is 10.0. The van der Waals surface area contributed by atoms with E-state index in [0.717, 1.165) is 44.9 Å². The number of fused-ring (bicyclic) bond motifs is 2. The number of carbonyl (C=O) groups is 1. The fourth-order valence-corrected chi connectivity index (χ4v) is 5.01. The van der Waals surface area contributed by atoms with Crippen molar-refractivity contribution < 1.29 is 27.4 Å². The summed E-state index contributed by atoms with van der Waals surface area (Å²) in [5.74, 6) is 0.355. The minimum absolute atomic E-state index is 0.130. The zero-order chi connectivity index (χ0) is 24.4. The van der Waals surface area contributed by atoms with Crippen LogP contribution in [0.2, 0.25) is 0 Å². The van der Waals surface area contributed by atoms with Crippen LogP contribution in [-0.2, 0) is 22.2 Å². The van der Waals surface area contributed by atoms with E-state index in [0.29, 0.717) is 32.1 Å². The molecule has 3 aliphatic heterocycles. The van der Waals surface area contributed by atoms with Crippen molar-refractivity contribution in [3.05, 3.63) is 54.0 Å². The SMILES string of the molecule is O=C(OC1CCN(Cc2ccccc2)CC1)N1C2COCC1CN(c1cnc(C(F)(F)F)cn1)C2. The quantitative estimate of drug-likeness (QED) is 0.651. The Morgan fingerprint density at radius 2 is 1.71 bits per heavy atom. The van der Waals surface area contributed by atoms with Gasteiger partial charge in [0.1, 0.15) is 11.9 Å². The van der Waals surface area contributed by atoms with Crippen LogP contribution in [0.3, 0.4) is 0 Å². The Kier molecular flexibility index (Phi) is 6.79. The van der Waals surface area contributed by atoms with Crippen molar-refractivity contribution in [2.75, 3.05) is 44.3 Å². The van der Waals surface area contributed by atoms with Crippen molar-refractivity contribution >= 4 is 11.9 Å². The standard InChI is InChI=1S/C24H28F3N5O3/c25-24(26,27)21-10-29-22(11-28-21)31-13-18-15-34-16-19(14-31)32(18)23(33)35-20-6-8-30(9-7-20)12-17-4-2-1-3-5-17/h1-5,10-11,18-20H,6-9,12-16H2. The Labute approximate surface area is 201 Å². The number of rotatable bonds is 4. The molecule has 0 saturated carbocycles. The molecule has 0 N–H and O–H groups in total. The number of alkyl halides is 3. The zero-order valence-electron chi connectivity index (χ0n) is 19.2. The molecule has 2 bridgehead atoms. The van der Waals surface area contributed by atoms with Crippen molar-refractivity contribution in [1.82, 2.24) is 19.8 Å². The third kappa shape index (κ3) is 5.51. The number of hydrogen-bond acceptors (Lipinski definition) is 7. The molecule has 1 amide bonds. The predicted molar refractivity (Wildman–Crippen MR) is 121 cm³/mol. The molecular weight excluding hydrogens is 463 g/mol. The van der Waals surface area contributed by atoms with E-state index < -0.39 is 11.9 Å². The van der Waals surface area contributed by atoms with Gasteiger partial charge in [0, 0.05) is 32.7 Å². The first-order valence-corrected chi connectivity index (χ1v) is 11.8. The van der Waals surface area contributed by atoms with Crippen LogP contribution in [0.25, 0.3) is 0 Å². The summed E-state index contributed by atoms with van der Waals surface area (Å²) in [7, 11) is 0. The largest absolute Gasteiger partial charge is 0.446 e. The number of ether oxygens (including phenoxy) is 2. The summed E-state index contributed by atoms with van der Waals surface area (Å²) in [4.78, 5) is 26.6. The highest BCUT2D eigenvalue weighted by molar-refractivity contribution is 5.69. The second-order valence-electron chi connectivity index (χ2n) is 9.26. The average molecular weight is 492 g/mol. The summed E-state index contributed by atoms with van der Waals surface area (Å²) in [5.41, 5.74) is 0.244. The van der Waals surface area contributed by atoms with Gasteiger partial charge in [-0.3, -0.25) is 9.80 Å². The number of likely N-dealkylation sites (tertiary alicyclic amines) is 1. The second-order valence-corrected chi connectivity index (χ2v) is 9.26. The number of anilines is 1. The second kappa shape index (κ2) is 9.98. The van der Waals surface area contributed by atoms with Gasteiger partial charge in [-0.15, -0.1) is 0 Å². The van der Waals surface area contributed by atoms with E-state index in [-0.39, 0.29) is 24.3 Å². The maximum Gasteiger partial charge on any atom is 0.434 e. The summed E-state index contributed by atoms with van der Waals surface area (Å²) in [5, 5.41) is 0. The number of carbonyl (C=O) groups excluding carboxylic acids is 1. The fourth-order valence-electron chi connectivity index (χ4n) is 5.01. The topological polar surface area (TPSA) is 71.0 Å². The van der Waals surface area contributed by atoms with E-state index in [1.165, 1.54) is 5.56 Å². The minimum atomic E-state index is -4.53. The third-order valence-electron chi connectivity index (χ3n) is 6.78. The van der Waals surface area contributed by atoms with E-state index >= 15 is 0 Å². The minimum Gasteiger partial charge on any atom is -0.446 e. The van der Waals surface area contributed by atoms with Crippen LogP contribution in [0, 0.1) is 0 Å². The van der Waals surface area contributed by atoms with Crippen LogP contribution in [0.5, 0.6) is 0 Å². The Bertz CT molecular complexity index is 986. The Morgan fingerprint density at radius 1 is 1.03 bits per heavy atom. The van der Waals surface area contributed by atoms with Gasteiger partial charge in [0.15, 0.2) is 5.69 Å². The van der Waals surface area contributed by atoms with E-state index in [1.54, 1.807) is 4.90 Å². The van der Waals surface area contributed by atoms with Gasteiger partial charge in [-0.1, -0.05) is 30.3 Å². The molecule has 0 radical (unpaired) electrons. The lowest BCUT2D eigenvalue weighted by molar-refractivity contribution is -0.141. The number of amides is 1. The molecule has 0 aliphatic carbocycles. The van der Waals surface area contributed by atoms with Crippen LogP contribution in [-0.4, -0.2) is 83.4 Å². The zero-order valence-corrected chi connectivity index (χ0v) is 19.2. The lowest BCUT2D eigenvalue weighted by Crippen LogP contribution is -2.66. The number of morpholine rings is 1. The van der Waals surface area contributed by atoms with Gasteiger partial charge in [0.2, 0.25) is 0 Å². The molecule has 3 saturated heterocycles. The number of halogens is 3. The number of aromatic nitrogens is 2. The van der Waals surface area contributed by atoms with E-state index in [1.807, 2.05) is 23.1 Å². The molecule has 1 aromatic carbocycles. The maximum absolute atomic E-state index is 13.1. The molecule has 1 aromatic heterocycles. The van der Waals surface area contributed by atoms with Gasteiger partial charge in [-0.05, 0) is 18.4 Å². The molecule has 5 rings (SSSR count).